The van der Waals surface area contributed by atoms with Gasteiger partial charge in [-0.2, -0.15) is 0 Å². The van der Waals surface area contributed by atoms with Crippen LogP contribution in [0.3, 0.4) is 0 Å². The highest BCUT2D eigenvalue weighted by Crippen LogP contribution is 2.24. The monoisotopic (exact) mass is 249 g/mol. The number of hydrogen-bond acceptors (Lipinski definition) is 3. The summed E-state index contributed by atoms with van der Waals surface area (Å²) in [4.78, 5) is 6.63. The van der Waals surface area contributed by atoms with Crippen LogP contribution < -0.4 is 5.73 Å². The number of hydrogen-bond donors (Lipinski definition) is 1. The van der Waals surface area contributed by atoms with Gasteiger partial charge in [-0.3, -0.25) is 9.88 Å². The van der Waals surface area contributed by atoms with Crippen molar-refractivity contribution in [1.29, 1.82) is 0 Å². The lowest BCUT2D eigenvalue weighted by molar-refractivity contribution is 0.0845. The Morgan fingerprint density at radius 2 is 2.00 bits per heavy atom. The SMILES string of the molecule is CCN(CC)C(C)(CC)C(N)Cc1cccnc1. The molecule has 1 rings (SSSR count). The molecule has 0 bridgehead atoms. The molecule has 3 heteroatoms. The van der Waals surface area contributed by atoms with Gasteiger partial charge in [0.1, 0.15) is 0 Å². The minimum Gasteiger partial charge on any atom is -0.326 e. The minimum atomic E-state index is 0.0549. The van der Waals surface area contributed by atoms with Crippen molar-refractivity contribution >= 4 is 0 Å². The second kappa shape index (κ2) is 6.86. The standard InChI is InChI=1S/C15H27N3/c1-5-15(4,18(6-2)7-3)14(16)11-13-9-8-10-17-12-13/h8-10,12,14H,5-7,11,16H2,1-4H3. The van der Waals surface area contributed by atoms with Gasteiger partial charge < -0.3 is 5.73 Å². The Morgan fingerprint density at radius 3 is 2.44 bits per heavy atom. The van der Waals surface area contributed by atoms with E-state index in [1.807, 2.05) is 12.3 Å². The molecule has 0 saturated carbocycles. The normalized spacial score (nSPS) is 16.6. The largest absolute Gasteiger partial charge is 0.326 e. The molecule has 2 N–H and O–H groups in total. The van der Waals surface area contributed by atoms with Gasteiger partial charge in [0.15, 0.2) is 0 Å². The van der Waals surface area contributed by atoms with Crippen LogP contribution in [0.2, 0.25) is 0 Å². The molecule has 2 atom stereocenters. The fourth-order valence-corrected chi connectivity index (χ4v) is 2.66. The van der Waals surface area contributed by atoms with Crippen LogP contribution in [-0.4, -0.2) is 34.6 Å². The Labute approximate surface area is 111 Å². The van der Waals surface area contributed by atoms with Crippen molar-refractivity contribution in [3.63, 3.8) is 0 Å². The Kier molecular flexibility index (Phi) is 5.76. The molecule has 3 nitrogen and oxygen atoms in total. The summed E-state index contributed by atoms with van der Waals surface area (Å²) in [5.41, 5.74) is 7.75. The summed E-state index contributed by atoms with van der Waals surface area (Å²) < 4.78 is 0. The van der Waals surface area contributed by atoms with Crippen LogP contribution in [0.25, 0.3) is 0 Å². The number of nitrogens with two attached hydrogens (primary N) is 1. The summed E-state index contributed by atoms with van der Waals surface area (Å²) in [5, 5.41) is 0. The van der Waals surface area contributed by atoms with Gasteiger partial charge in [-0.05, 0) is 44.5 Å². The second-order valence-corrected chi connectivity index (χ2v) is 5.05. The predicted molar refractivity (Wildman–Crippen MR) is 77.5 cm³/mol. The Hall–Kier alpha value is -0.930. The van der Waals surface area contributed by atoms with Crippen molar-refractivity contribution in [1.82, 2.24) is 9.88 Å². The fourth-order valence-electron chi connectivity index (χ4n) is 2.66. The number of rotatable bonds is 7. The van der Waals surface area contributed by atoms with E-state index in [9.17, 15) is 0 Å². The Balaban J connectivity index is 2.81. The van der Waals surface area contributed by atoms with Crippen LogP contribution in [0.1, 0.15) is 39.7 Å². The summed E-state index contributed by atoms with van der Waals surface area (Å²) in [6.45, 7) is 11.0. The zero-order chi connectivity index (χ0) is 13.6. The van der Waals surface area contributed by atoms with Gasteiger partial charge in [-0.15, -0.1) is 0 Å². The van der Waals surface area contributed by atoms with Crippen LogP contribution in [0, 0.1) is 0 Å². The smallest absolute Gasteiger partial charge is 0.0332 e. The minimum absolute atomic E-state index is 0.0549. The lowest BCUT2D eigenvalue weighted by Gasteiger charge is -2.44. The van der Waals surface area contributed by atoms with E-state index in [1.165, 1.54) is 5.56 Å². The number of aromatic nitrogens is 1. The van der Waals surface area contributed by atoms with Gasteiger partial charge in [0.2, 0.25) is 0 Å². The predicted octanol–water partition coefficient (Wildman–Crippen LogP) is 2.46. The molecule has 1 aromatic heterocycles. The van der Waals surface area contributed by atoms with Crippen molar-refractivity contribution in [3.05, 3.63) is 30.1 Å². The third kappa shape index (κ3) is 3.30. The van der Waals surface area contributed by atoms with Crippen LogP contribution in [0.15, 0.2) is 24.5 Å². The van der Waals surface area contributed by atoms with Crippen LogP contribution >= 0.6 is 0 Å². The van der Waals surface area contributed by atoms with Gasteiger partial charge in [-0.25, -0.2) is 0 Å². The van der Waals surface area contributed by atoms with Gasteiger partial charge in [0, 0.05) is 24.0 Å². The van der Waals surface area contributed by atoms with E-state index in [4.69, 9.17) is 5.73 Å². The summed E-state index contributed by atoms with van der Waals surface area (Å²) in [6.07, 6.45) is 5.67. The molecule has 102 valence electrons. The molecule has 0 saturated heterocycles. The number of pyridine rings is 1. The van der Waals surface area contributed by atoms with E-state index in [0.29, 0.717) is 0 Å². The molecule has 0 fully saturated rings. The van der Waals surface area contributed by atoms with Crippen molar-refractivity contribution in [3.8, 4) is 0 Å². The van der Waals surface area contributed by atoms with E-state index in [0.717, 1.165) is 25.9 Å². The van der Waals surface area contributed by atoms with Crippen molar-refractivity contribution in [2.45, 2.75) is 52.1 Å². The maximum absolute atomic E-state index is 6.48. The summed E-state index contributed by atoms with van der Waals surface area (Å²) in [5.74, 6) is 0. The third-order valence-corrected chi connectivity index (χ3v) is 4.18. The van der Waals surface area contributed by atoms with Gasteiger partial charge >= 0.3 is 0 Å². The quantitative estimate of drug-likeness (QED) is 0.807. The van der Waals surface area contributed by atoms with Gasteiger partial charge in [0.05, 0.1) is 0 Å². The topological polar surface area (TPSA) is 42.1 Å². The number of nitrogens with zero attached hydrogens (tertiary/aromatic N) is 2. The number of likely N-dealkylation sites (N-methyl/N-ethyl adjacent to an activating group) is 1. The summed E-state index contributed by atoms with van der Waals surface area (Å²) in [7, 11) is 0. The highest BCUT2D eigenvalue weighted by atomic mass is 15.2. The summed E-state index contributed by atoms with van der Waals surface area (Å²) in [6, 6.07) is 4.21. The highest BCUT2D eigenvalue weighted by molar-refractivity contribution is 5.12. The first-order valence-corrected chi connectivity index (χ1v) is 6.98. The fraction of sp³-hybridized carbons (Fsp3) is 0.667. The van der Waals surface area contributed by atoms with E-state index in [2.05, 4.69) is 43.6 Å². The molecule has 0 spiro atoms. The lowest BCUT2D eigenvalue weighted by atomic mass is 9.84. The maximum atomic E-state index is 6.48. The van der Waals surface area contributed by atoms with E-state index >= 15 is 0 Å². The first kappa shape index (κ1) is 15.1. The molecule has 1 aromatic rings. The molecule has 0 aliphatic rings. The molecule has 1 heterocycles. The lowest BCUT2D eigenvalue weighted by Crippen LogP contribution is -2.58. The molecule has 18 heavy (non-hydrogen) atoms. The summed E-state index contributed by atoms with van der Waals surface area (Å²) >= 11 is 0. The van der Waals surface area contributed by atoms with Crippen LogP contribution in [0.5, 0.6) is 0 Å². The Bertz CT molecular complexity index is 335. The van der Waals surface area contributed by atoms with Crippen molar-refractivity contribution in [2.24, 2.45) is 5.73 Å². The van der Waals surface area contributed by atoms with E-state index in [1.54, 1.807) is 6.20 Å². The third-order valence-electron chi connectivity index (χ3n) is 4.18. The Morgan fingerprint density at radius 1 is 1.33 bits per heavy atom. The average molecular weight is 249 g/mol. The molecule has 2 unspecified atom stereocenters. The zero-order valence-electron chi connectivity index (χ0n) is 12.2. The molecule has 0 amide bonds. The van der Waals surface area contributed by atoms with Gasteiger partial charge in [0.25, 0.3) is 0 Å². The van der Waals surface area contributed by atoms with Crippen molar-refractivity contribution in [2.75, 3.05) is 13.1 Å². The maximum Gasteiger partial charge on any atom is 0.0332 e. The zero-order valence-corrected chi connectivity index (χ0v) is 12.2. The molecule has 0 aliphatic carbocycles. The van der Waals surface area contributed by atoms with Crippen LogP contribution in [0.4, 0.5) is 0 Å². The second-order valence-electron chi connectivity index (χ2n) is 5.05. The highest BCUT2D eigenvalue weighted by Gasteiger charge is 2.34. The van der Waals surface area contributed by atoms with Crippen molar-refractivity contribution < 1.29 is 0 Å². The molecule has 0 aromatic carbocycles. The molecule has 0 radical (unpaired) electrons. The average Bonchev–Trinajstić information content (AvgIpc) is 2.40. The molecular weight excluding hydrogens is 222 g/mol. The van der Waals surface area contributed by atoms with Gasteiger partial charge in [-0.1, -0.05) is 26.8 Å². The first-order chi connectivity index (χ1) is 8.58. The molecule has 0 aliphatic heterocycles. The van der Waals surface area contributed by atoms with Crippen LogP contribution in [-0.2, 0) is 6.42 Å². The van der Waals surface area contributed by atoms with E-state index in [-0.39, 0.29) is 11.6 Å². The molecular formula is C15H27N3. The first-order valence-electron chi connectivity index (χ1n) is 6.98. The van der Waals surface area contributed by atoms with E-state index < -0.39 is 0 Å².